The van der Waals surface area contributed by atoms with Crippen LogP contribution in [0, 0.1) is 0 Å². The zero-order valence-electron chi connectivity index (χ0n) is 10.5. The lowest BCUT2D eigenvalue weighted by Gasteiger charge is -1.98. The van der Waals surface area contributed by atoms with Crippen LogP contribution in [0.2, 0.25) is 0 Å². The predicted octanol–water partition coefficient (Wildman–Crippen LogP) is 3.37. The number of aliphatic imine (C=N–C) groups is 1. The van der Waals surface area contributed by atoms with Crippen LogP contribution in [0.1, 0.15) is 11.1 Å². The molecule has 0 spiro atoms. The van der Waals surface area contributed by atoms with Crippen molar-refractivity contribution in [3.63, 3.8) is 0 Å². The first kappa shape index (κ1) is 12.8. The molecule has 3 nitrogen and oxygen atoms in total. The maximum absolute atomic E-state index is 11.9. The van der Waals surface area contributed by atoms with E-state index in [1.807, 2.05) is 54.6 Å². The van der Waals surface area contributed by atoms with E-state index < -0.39 is 0 Å². The number of nitrogens with one attached hydrogen (secondary N) is 1. The fourth-order valence-electron chi connectivity index (χ4n) is 1.92. The Hall–Kier alpha value is -2.20. The van der Waals surface area contributed by atoms with Gasteiger partial charge in [-0.3, -0.25) is 4.79 Å². The zero-order valence-corrected chi connectivity index (χ0v) is 12.1. The minimum Gasteiger partial charge on any atom is -0.305 e. The number of hydrogen-bond acceptors (Lipinski definition) is 2. The third-order valence-electron chi connectivity index (χ3n) is 2.92. The molecule has 0 bridgehead atoms. The topological polar surface area (TPSA) is 41.5 Å². The molecule has 0 aliphatic carbocycles. The molecule has 0 saturated carbocycles. The van der Waals surface area contributed by atoms with E-state index in [9.17, 15) is 4.79 Å². The summed E-state index contributed by atoms with van der Waals surface area (Å²) in [7, 11) is 0. The Kier molecular flexibility index (Phi) is 3.48. The van der Waals surface area contributed by atoms with E-state index in [1.54, 1.807) is 6.08 Å². The monoisotopic (exact) mass is 326 g/mol. The summed E-state index contributed by atoms with van der Waals surface area (Å²) in [6.45, 7) is 0. The molecule has 0 unspecified atom stereocenters. The molecule has 0 radical (unpaired) electrons. The average Bonchev–Trinajstić information content (AvgIpc) is 2.84. The molecule has 2 aromatic rings. The summed E-state index contributed by atoms with van der Waals surface area (Å²) in [5, 5.41) is 2.79. The van der Waals surface area contributed by atoms with Crippen LogP contribution in [0.5, 0.6) is 0 Å². The third kappa shape index (κ3) is 2.70. The van der Waals surface area contributed by atoms with Gasteiger partial charge in [0.25, 0.3) is 5.91 Å². The second kappa shape index (κ2) is 5.43. The molecule has 0 fully saturated rings. The molecule has 1 N–H and O–H groups in total. The highest BCUT2D eigenvalue weighted by Crippen LogP contribution is 2.17. The summed E-state index contributed by atoms with van der Waals surface area (Å²) in [6.07, 6.45) is 1.78. The van der Waals surface area contributed by atoms with Gasteiger partial charge in [0, 0.05) is 10.0 Å². The number of amides is 1. The molecule has 1 amide bonds. The van der Waals surface area contributed by atoms with Crippen molar-refractivity contribution < 1.29 is 4.79 Å². The van der Waals surface area contributed by atoms with Crippen molar-refractivity contribution >= 4 is 33.7 Å². The fourth-order valence-corrected chi connectivity index (χ4v) is 2.18. The van der Waals surface area contributed by atoms with Gasteiger partial charge >= 0.3 is 0 Å². The first-order valence-corrected chi connectivity index (χ1v) is 6.94. The molecule has 98 valence electrons. The van der Waals surface area contributed by atoms with Gasteiger partial charge in [0.2, 0.25) is 0 Å². The summed E-state index contributed by atoms with van der Waals surface area (Å²) in [5.74, 6) is 0.422. The number of benzene rings is 2. The molecule has 4 heteroatoms. The van der Waals surface area contributed by atoms with Gasteiger partial charge in [0.1, 0.15) is 11.5 Å². The standard InChI is InChI=1S/C16H11BrN2O/c17-13-8-6-11(7-9-13)10-14-16(20)19-15(18-14)12-4-2-1-3-5-12/h1-10H,(H,18,19,20)/b14-10+. The van der Waals surface area contributed by atoms with Crippen LogP contribution >= 0.6 is 15.9 Å². The first-order valence-electron chi connectivity index (χ1n) is 6.15. The van der Waals surface area contributed by atoms with E-state index in [0.29, 0.717) is 11.5 Å². The van der Waals surface area contributed by atoms with Crippen LogP contribution in [-0.4, -0.2) is 11.7 Å². The van der Waals surface area contributed by atoms with Crippen molar-refractivity contribution in [1.29, 1.82) is 0 Å². The normalized spacial score (nSPS) is 16.1. The number of carbonyl (C=O) groups is 1. The van der Waals surface area contributed by atoms with E-state index >= 15 is 0 Å². The van der Waals surface area contributed by atoms with Gasteiger partial charge in [-0.1, -0.05) is 58.4 Å². The smallest absolute Gasteiger partial charge is 0.275 e. The molecular weight excluding hydrogens is 316 g/mol. The highest BCUT2D eigenvalue weighted by atomic mass is 79.9. The Bertz CT molecular complexity index is 703. The van der Waals surface area contributed by atoms with Crippen LogP contribution in [-0.2, 0) is 4.79 Å². The van der Waals surface area contributed by atoms with E-state index in [-0.39, 0.29) is 5.91 Å². The zero-order chi connectivity index (χ0) is 13.9. The minimum atomic E-state index is -0.174. The van der Waals surface area contributed by atoms with Crippen LogP contribution in [0.15, 0.2) is 69.8 Å². The lowest BCUT2D eigenvalue weighted by Crippen LogP contribution is -2.24. The van der Waals surface area contributed by atoms with Crippen molar-refractivity contribution in [2.75, 3.05) is 0 Å². The SMILES string of the molecule is O=C1NC(c2ccccc2)=N/C1=C/c1ccc(Br)cc1. The molecule has 1 aliphatic heterocycles. The molecule has 1 heterocycles. The van der Waals surface area contributed by atoms with Crippen molar-refractivity contribution in [2.24, 2.45) is 4.99 Å². The first-order chi connectivity index (χ1) is 9.72. The number of halogens is 1. The van der Waals surface area contributed by atoms with E-state index in [0.717, 1.165) is 15.6 Å². The Balaban J connectivity index is 1.92. The van der Waals surface area contributed by atoms with Crippen molar-refractivity contribution in [3.05, 3.63) is 75.9 Å². The summed E-state index contributed by atoms with van der Waals surface area (Å²) in [4.78, 5) is 16.3. The number of nitrogens with zero attached hydrogens (tertiary/aromatic N) is 1. The molecule has 3 rings (SSSR count). The van der Waals surface area contributed by atoms with E-state index in [1.165, 1.54) is 0 Å². The van der Waals surface area contributed by atoms with Crippen molar-refractivity contribution in [3.8, 4) is 0 Å². The summed E-state index contributed by atoms with van der Waals surface area (Å²) >= 11 is 3.38. The lowest BCUT2D eigenvalue weighted by molar-refractivity contribution is -0.115. The summed E-state index contributed by atoms with van der Waals surface area (Å²) < 4.78 is 1.00. The largest absolute Gasteiger partial charge is 0.305 e. The van der Waals surface area contributed by atoms with Crippen LogP contribution < -0.4 is 5.32 Å². The predicted molar refractivity (Wildman–Crippen MR) is 83.2 cm³/mol. The van der Waals surface area contributed by atoms with Gasteiger partial charge in [-0.2, -0.15) is 0 Å². The average molecular weight is 327 g/mol. The van der Waals surface area contributed by atoms with Gasteiger partial charge in [0.05, 0.1) is 0 Å². The van der Waals surface area contributed by atoms with Gasteiger partial charge in [-0.15, -0.1) is 0 Å². The molecular formula is C16H11BrN2O. The molecule has 1 aliphatic rings. The van der Waals surface area contributed by atoms with Gasteiger partial charge < -0.3 is 5.32 Å². The maximum atomic E-state index is 11.9. The Morgan fingerprint density at radius 2 is 1.70 bits per heavy atom. The Morgan fingerprint density at radius 3 is 2.40 bits per heavy atom. The van der Waals surface area contributed by atoms with Crippen molar-refractivity contribution in [2.45, 2.75) is 0 Å². The minimum absolute atomic E-state index is 0.174. The van der Waals surface area contributed by atoms with Crippen molar-refractivity contribution in [1.82, 2.24) is 5.32 Å². The molecule has 0 aromatic heterocycles. The summed E-state index contributed by atoms with van der Waals surface area (Å²) in [6, 6.07) is 17.3. The fraction of sp³-hybridized carbons (Fsp3) is 0. The number of carbonyl (C=O) groups excluding carboxylic acids is 1. The molecule has 2 aromatic carbocycles. The highest BCUT2D eigenvalue weighted by molar-refractivity contribution is 9.10. The Labute approximate surface area is 125 Å². The van der Waals surface area contributed by atoms with Crippen LogP contribution in [0.3, 0.4) is 0 Å². The quantitative estimate of drug-likeness (QED) is 0.844. The van der Waals surface area contributed by atoms with Crippen LogP contribution in [0.25, 0.3) is 6.08 Å². The van der Waals surface area contributed by atoms with E-state index in [2.05, 4.69) is 26.2 Å². The van der Waals surface area contributed by atoms with E-state index in [4.69, 9.17) is 0 Å². The second-order valence-electron chi connectivity index (χ2n) is 4.36. The Morgan fingerprint density at radius 1 is 1.00 bits per heavy atom. The lowest BCUT2D eigenvalue weighted by atomic mass is 10.2. The second-order valence-corrected chi connectivity index (χ2v) is 5.28. The van der Waals surface area contributed by atoms with Gasteiger partial charge in [-0.25, -0.2) is 4.99 Å². The third-order valence-corrected chi connectivity index (χ3v) is 3.45. The molecule has 20 heavy (non-hydrogen) atoms. The molecule has 0 saturated heterocycles. The number of rotatable bonds is 2. The molecule has 0 atom stereocenters. The van der Waals surface area contributed by atoms with Crippen LogP contribution in [0.4, 0.5) is 0 Å². The highest BCUT2D eigenvalue weighted by Gasteiger charge is 2.20. The number of hydrogen-bond donors (Lipinski definition) is 1. The van der Waals surface area contributed by atoms with Gasteiger partial charge in [0.15, 0.2) is 0 Å². The van der Waals surface area contributed by atoms with Gasteiger partial charge in [-0.05, 0) is 23.8 Å². The maximum Gasteiger partial charge on any atom is 0.275 e. The number of amidine groups is 1. The summed E-state index contributed by atoms with van der Waals surface area (Å²) in [5.41, 5.74) is 2.27.